The molecule has 0 bridgehead atoms. The summed E-state index contributed by atoms with van der Waals surface area (Å²) in [5.74, 6) is 5.76. The number of urea groups is 1. The number of primary sulfonamides is 1. The SMILES string of the molecule is NNC(=O)N/N=C/c1ccc(-c2ccc(S(N)(=O)=O)cc2)o1. The molecule has 2 rings (SSSR count). The van der Waals surface area contributed by atoms with Gasteiger partial charge in [0.15, 0.2) is 0 Å². The number of sulfonamides is 1. The van der Waals surface area contributed by atoms with Gasteiger partial charge in [-0.05, 0) is 36.4 Å². The van der Waals surface area contributed by atoms with Crippen molar-refractivity contribution in [3.63, 3.8) is 0 Å². The fourth-order valence-electron chi connectivity index (χ4n) is 1.57. The van der Waals surface area contributed by atoms with Crippen molar-refractivity contribution in [3.8, 4) is 11.3 Å². The molecule has 0 aliphatic carbocycles. The fraction of sp³-hybridized carbons (Fsp3) is 0. The lowest BCUT2D eigenvalue weighted by molar-refractivity contribution is 0.241. The normalized spacial score (nSPS) is 11.5. The summed E-state index contributed by atoms with van der Waals surface area (Å²) in [6.45, 7) is 0. The monoisotopic (exact) mass is 323 g/mol. The summed E-state index contributed by atoms with van der Waals surface area (Å²) in [7, 11) is -3.73. The maximum atomic E-state index is 11.2. The predicted octanol–water partition coefficient (Wildman–Crippen LogP) is 0.101. The lowest BCUT2D eigenvalue weighted by Crippen LogP contribution is -2.37. The van der Waals surface area contributed by atoms with Gasteiger partial charge in [-0.25, -0.2) is 29.6 Å². The second-order valence-electron chi connectivity index (χ2n) is 4.11. The maximum absolute atomic E-state index is 11.2. The molecular weight excluding hydrogens is 310 g/mol. The molecule has 2 aromatic rings. The number of carbonyl (C=O) groups is 1. The fourth-order valence-corrected chi connectivity index (χ4v) is 2.09. The van der Waals surface area contributed by atoms with Crippen molar-refractivity contribution in [2.24, 2.45) is 16.1 Å². The van der Waals surface area contributed by atoms with E-state index in [0.717, 1.165) is 0 Å². The summed E-state index contributed by atoms with van der Waals surface area (Å²) >= 11 is 0. The van der Waals surface area contributed by atoms with Gasteiger partial charge in [0.25, 0.3) is 0 Å². The number of hydrogen-bond acceptors (Lipinski definition) is 6. The van der Waals surface area contributed by atoms with Crippen molar-refractivity contribution in [2.45, 2.75) is 4.90 Å². The molecule has 0 fully saturated rings. The van der Waals surface area contributed by atoms with Gasteiger partial charge in [-0.15, -0.1) is 0 Å². The topological polar surface area (TPSA) is 153 Å². The zero-order chi connectivity index (χ0) is 16.2. The number of benzene rings is 1. The molecule has 0 aliphatic rings. The van der Waals surface area contributed by atoms with Crippen molar-refractivity contribution >= 4 is 22.3 Å². The lowest BCUT2D eigenvalue weighted by Gasteiger charge is -2.00. The number of carbonyl (C=O) groups excluding carboxylic acids is 1. The number of amides is 2. The van der Waals surface area contributed by atoms with E-state index in [9.17, 15) is 13.2 Å². The summed E-state index contributed by atoms with van der Waals surface area (Å²) < 4.78 is 27.8. The van der Waals surface area contributed by atoms with Gasteiger partial charge < -0.3 is 4.42 Å². The molecule has 1 aromatic carbocycles. The van der Waals surface area contributed by atoms with Gasteiger partial charge >= 0.3 is 6.03 Å². The van der Waals surface area contributed by atoms with Crippen molar-refractivity contribution < 1.29 is 17.6 Å². The minimum absolute atomic E-state index is 0.0154. The van der Waals surface area contributed by atoms with Gasteiger partial charge in [0.2, 0.25) is 10.0 Å². The van der Waals surface area contributed by atoms with E-state index in [-0.39, 0.29) is 4.90 Å². The Hall–Kier alpha value is -2.69. The third-order valence-corrected chi connectivity index (χ3v) is 3.51. The molecule has 0 aliphatic heterocycles. The Morgan fingerprint density at radius 1 is 1.18 bits per heavy atom. The summed E-state index contributed by atoms with van der Waals surface area (Å²) in [5.41, 5.74) is 4.62. The molecule has 1 heterocycles. The number of hydrogen-bond donors (Lipinski definition) is 4. The van der Waals surface area contributed by atoms with Gasteiger partial charge in [0.1, 0.15) is 11.5 Å². The van der Waals surface area contributed by atoms with Crippen LogP contribution in [0.2, 0.25) is 0 Å². The number of nitrogens with two attached hydrogens (primary N) is 2. The van der Waals surface area contributed by atoms with E-state index in [0.29, 0.717) is 17.1 Å². The van der Waals surface area contributed by atoms with Crippen molar-refractivity contribution in [2.75, 3.05) is 0 Å². The molecule has 116 valence electrons. The number of nitrogens with one attached hydrogen (secondary N) is 2. The molecule has 9 nitrogen and oxygen atoms in total. The quantitative estimate of drug-likeness (QED) is 0.272. The van der Waals surface area contributed by atoms with Crippen LogP contribution in [-0.2, 0) is 10.0 Å². The zero-order valence-corrected chi connectivity index (χ0v) is 12.0. The Morgan fingerprint density at radius 2 is 1.86 bits per heavy atom. The first-order valence-electron chi connectivity index (χ1n) is 5.93. The van der Waals surface area contributed by atoms with Crippen LogP contribution in [0.3, 0.4) is 0 Å². The molecule has 0 radical (unpaired) electrons. The van der Waals surface area contributed by atoms with E-state index in [1.54, 1.807) is 24.3 Å². The standard InChI is InChI=1S/C12H13N5O4S/c13-16-12(18)17-15-7-9-3-6-11(21-9)8-1-4-10(5-2-8)22(14,19)20/h1-7H,13H2,(H2,14,19,20)(H2,16,17,18)/b15-7+. The van der Waals surface area contributed by atoms with Crippen LogP contribution in [0.4, 0.5) is 4.79 Å². The second kappa shape index (κ2) is 6.39. The van der Waals surface area contributed by atoms with E-state index in [4.69, 9.17) is 15.4 Å². The average Bonchev–Trinajstić information content (AvgIpc) is 2.95. The highest BCUT2D eigenvalue weighted by Gasteiger charge is 2.09. The molecule has 0 unspecified atom stereocenters. The molecule has 10 heteroatoms. The van der Waals surface area contributed by atoms with Crippen LogP contribution in [0.25, 0.3) is 11.3 Å². The lowest BCUT2D eigenvalue weighted by atomic mass is 10.2. The van der Waals surface area contributed by atoms with E-state index >= 15 is 0 Å². The number of hydrazine groups is 1. The highest BCUT2D eigenvalue weighted by Crippen LogP contribution is 2.22. The summed E-state index contributed by atoms with van der Waals surface area (Å²) in [6.07, 6.45) is 1.29. The van der Waals surface area contributed by atoms with Crippen LogP contribution >= 0.6 is 0 Å². The first kappa shape index (κ1) is 15.7. The Balaban J connectivity index is 2.13. The summed E-state index contributed by atoms with van der Waals surface area (Å²) in [6, 6.07) is 8.55. The number of nitrogens with zero attached hydrogens (tertiary/aromatic N) is 1. The van der Waals surface area contributed by atoms with Gasteiger partial charge in [-0.2, -0.15) is 5.10 Å². The Labute approximate surface area is 126 Å². The highest BCUT2D eigenvalue weighted by atomic mass is 32.2. The van der Waals surface area contributed by atoms with E-state index in [1.165, 1.54) is 18.3 Å². The molecule has 2 amide bonds. The van der Waals surface area contributed by atoms with Crippen LogP contribution in [0.15, 0.2) is 50.8 Å². The Bertz CT molecular complexity index is 795. The number of rotatable bonds is 4. The van der Waals surface area contributed by atoms with Crippen molar-refractivity contribution in [1.82, 2.24) is 10.9 Å². The van der Waals surface area contributed by atoms with Crippen molar-refractivity contribution in [1.29, 1.82) is 0 Å². The van der Waals surface area contributed by atoms with Crippen molar-refractivity contribution in [3.05, 3.63) is 42.2 Å². The van der Waals surface area contributed by atoms with E-state index < -0.39 is 16.1 Å². The molecular formula is C12H13N5O4S. The molecule has 0 atom stereocenters. The largest absolute Gasteiger partial charge is 0.455 e. The molecule has 22 heavy (non-hydrogen) atoms. The molecule has 0 saturated carbocycles. The van der Waals surface area contributed by atoms with Gasteiger partial charge in [0.05, 0.1) is 11.1 Å². The third kappa shape index (κ3) is 3.91. The molecule has 1 aromatic heterocycles. The van der Waals surface area contributed by atoms with Gasteiger partial charge in [-0.3, -0.25) is 5.43 Å². The smallest absolute Gasteiger partial charge is 0.349 e. The second-order valence-corrected chi connectivity index (χ2v) is 5.68. The maximum Gasteiger partial charge on any atom is 0.349 e. The van der Waals surface area contributed by atoms with Crippen LogP contribution in [0.1, 0.15) is 5.76 Å². The summed E-state index contributed by atoms with van der Waals surface area (Å²) in [5, 5.41) is 8.63. The minimum Gasteiger partial charge on any atom is -0.455 e. The predicted molar refractivity (Wildman–Crippen MR) is 79.0 cm³/mol. The first-order chi connectivity index (χ1) is 10.4. The molecule has 6 N–H and O–H groups in total. The molecule has 0 spiro atoms. The van der Waals surface area contributed by atoms with E-state index in [2.05, 4.69) is 10.5 Å². The van der Waals surface area contributed by atoms with Crippen LogP contribution in [-0.4, -0.2) is 20.7 Å². The summed E-state index contributed by atoms with van der Waals surface area (Å²) in [4.78, 5) is 10.8. The Morgan fingerprint density at radius 3 is 2.45 bits per heavy atom. The number of hydrazone groups is 1. The first-order valence-corrected chi connectivity index (χ1v) is 7.47. The van der Waals surface area contributed by atoms with Gasteiger partial charge in [0, 0.05) is 5.56 Å². The van der Waals surface area contributed by atoms with E-state index in [1.807, 2.05) is 5.43 Å². The van der Waals surface area contributed by atoms with Crippen LogP contribution in [0.5, 0.6) is 0 Å². The zero-order valence-electron chi connectivity index (χ0n) is 11.2. The van der Waals surface area contributed by atoms with Crippen LogP contribution in [0, 0.1) is 0 Å². The average molecular weight is 323 g/mol. The minimum atomic E-state index is -3.73. The molecule has 0 saturated heterocycles. The van der Waals surface area contributed by atoms with Crippen LogP contribution < -0.4 is 21.8 Å². The third-order valence-electron chi connectivity index (χ3n) is 2.58. The van der Waals surface area contributed by atoms with Gasteiger partial charge in [-0.1, -0.05) is 0 Å². The number of furan rings is 1. The Kier molecular flexibility index (Phi) is 4.56. The highest BCUT2D eigenvalue weighted by molar-refractivity contribution is 7.89.